The van der Waals surface area contributed by atoms with Crippen molar-refractivity contribution in [2.24, 2.45) is 11.0 Å². The molecule has 2 heterocycles. The third kappa shape index (κ3) is 14.8. The van der Waals surface area contributed by atoms with E-state index in [0.717, 1.165) is 6.42 Å². The maximum atomic E-state index is 12.8. The molecule has 16 atom stereocenters. The van der Waals surface area contributed by atoms with Crippen LogP contribution in [-0.2, 0) is 47.5 Å². The molecule has 60 heavy (non-hydrogen) atoms. The van der Waals surface area contributed by atoms with Crippen LogP contribution in [-0.4, -0.2) is 204 Å². The summed E-state index contributed by atoms with van der Waals surface area (Å²) in [6.45, 7) is 0.624. The fourth-order valence-electron chi connectivity index (χ4n) is 7.17. The van der Waals surface area contributed by atoms with Crippen molar-refractivity contribution in [1.29, 1.82) is 0 Å². The minimum Gasteiger partial charge on any atom is -0.464 e. The topological polar surface area (TPSA) is 360 Å². The van der Waals surface area contributed by atoms with Gasteiger partial charge < -0.3 is 89.4 Å². The number of ether oxygens (including phenoxy) is 8. The molecule has 0 aromatic carbocycles. The zero-order valence-electron chi connectivity index (χ0n) is 34.0. The Morgan fingerprint density at radius 1 is 0.800 bits per heavy atom. The Morgan fingerprint density at radius 2 is 1.53 bits per heavy atom. The highest BCUT2D eigenvalue weighted by atomic mass is 16.7. The minimum atomic E-state index is -1.84. The van der Waals surface area contributed by atoms with E-state index >= 15 is 0 Å². The van der Waals surface area contributed by atoms with Gasteiger partial charge in [-0.05, 0) is 51.0 Å². The van der Waals surface area contributed by atoms with Crippen LogP contribution in [0.15, 0.2) is 5.11 Å². The molecule has 0 aromatic heterocycles. The Balaban J connectivity index is 1.54. The molecular weight excluding hydrogens is 806 g/mol. The molecule has 24 nitrogen and oxygen atoms in total. The molecule has 2 saturated heterocycles. The number of amides is 2. The fourth-order valence-corrected chi connectivity index (χ4v) is 7.17. The smallest absolute Gasteiger partial charge is 0.407 e. The van der Waals surface area contributed by atoms with Gasteiger partial charge in [-0.15, -0.1) is 0 Å². The van der Waals surface area contributed by atoms with Crippen molar-refractivity contribution in [3.05, 3.63) is 10.4 Å². The van der Waals surface area contributed by atoms with Crippen LogP contribution in [0, 0.1) is 5.92 Å². The highest BCUT2D eigenvalue weighted by Crippen LogP contribution is 2.34. The van der Waals surface area contributed by atoms with Gasteiger partial charge in [0.2, 0.25) is 5.91 Å². The molecule has 3 aliphatic rings. The third-order valence-corrected chi connectivity index (χ3v) is 10.6. The lowest BCUT2D eigenvalue weighted by Gasteiger charge is -2.47. The summed E-state index contributed by atoms with van der Waals surface area (Å²) in [7, 11) is 2.46. The summed E-state index contributed by atoms with van der Waals surface area (Å²) in [5.41, 5.74) is 8.30. The third-order valence-electron chi connectivity index (χ3n) is 10.6. The largest absolute Gasteiger partial charge is 0.464 e. The molecule has 3 fully saturated rings. The van der Waals surface area contributed by atoms with Gasteiger partial charge in [0.05, 0.1) is 32.0 Å². The standard InChI is InChI=1S/C36H63N5O19/c1-4-55-33(51)19(10-7-9-12-38-23(43)11-6-5-8-13-39-41-37)40-36(52)57-17-22-25(45)28(48)29(49)35(60-22)56-16-18-14-20(26(46)31(53-2)24(18)44)58-32-27(47)21(15-42)59-34(54-3)30(32)50/h18-22,24-32,34-35,42,44-50H,4-17H2,1-3H3,(H,38,43)(H,40,52)/t18?,19-,20+,21?,22?,24+,25+,26?,27+,28-,29?,30?,31-,32-,34+,35+/m0/s1. The molecule has 0 spiro atoms. The van der Waals surface area contributed by atoms with Gasteiger partial charge in [0, 0.05) is 44.6 Å². The van der Waals surface area contributed by atoms with E-state index in [1.54, 1.807) is 6.92 Å². The van der Waals surface area contributed by atoms with Gasteiger partial charge >= 0.3 is 12.1 Å². The van der Waals surface area contributed by atoms with Gasteiger partial charge in [-0.1, -0.05) is 11.5 Å². The molecule has 1 saturated carbocycles. The monoisotopic (exact) mass is 869 g/mol. The van der Waals surface area contributed by atoms with E-state index in [1.165, 1.54) is 14.2 Å². The molecule has 2 amide bonds. The molecule has 1 aliphatic carbocycles. The van der Waals surface area contributed by atoms with E-state index in [-0.39, 0.29) is 25.4 Å². The van der Waals surface area contributed by atoms with Gasteiger partial charge in [-0.3, -0.25) is 4.79 Å². The fraction of sp³-hybridized carbons (Fsp3) is 0.917. The number of carbonyl (C=O) groups excluding carboxylic acids is 3. The number of esters is 1. The zero-order chi connectivity index (χ0) is 44.4. The van der Waals surface area contributed by atoms with Crippen LogP contribution in [0.25, 0.3) is 10.4 Å². The first-order valence-corrected chi connectivity index (χ1v) is 20.1. The quantitative estimate of drug-likeness (QED) is 0.0154. The Hall–Kier alpha value is -3.04. The van der Waals surface area contributed by atoms with Crippen LogP contribution in [0.1, 0.15) is 58.3 Å². The molecule has 10 N–H and O–H groups in total. The number of carbonyl (C=O) groups is 3. The SMILES string of the molecule is CCOC(=O)[C@H](CCCCNC(=O)CCCCCN=[N+]=[N-])NC(=O)OCC1O[C@@H](OCC2C[C@@H](O[C@@H]3C(O)[C@H](OC)OC(CO)[C@H]3O)C(O)[C@@H](OC)[C@@H]2O)C(O)[C@@H](O)[C@@H]1O. The van der Waals surface area contributed by atoms with Crippen LogP contribution in [0.5, 0.6) is 0 Å². The van der Waals surface area contributed by atoms with Gasteiger partial charge in [-0.25, -0.2) is 9.59 Å². The maximum absolute atomic E-state index is 12.8. The Kier molecular flexibility index (Phi) is 22.6. The summed E-state index contributed by atoms with van der Waals surface area (Å²) in [6, 6.07) is -1.12. The van der Waals surface area contributed by atoms with E-state index in [2.05, 4.69) is 20.7 Å². The average molecular weight is 870 g/mol. The molecule has 2 aliphatic heterocycles. The Labute approximate surface area is 346 Å². The van der Waals surface area contributed by atoms with Gasteiger partial charge in [0.15, 0.2) is 12.6 Å². The first-order valence-electron chi connectivity index (χ1n) is 20.1. The molecule has 6 unspecified atom stereocenters. The number of alkyl carbamates (subject to hydrolysis) is 1. The molecular formula is C36H63N5O19. The van der Waals surface area contributed by atoms with E-state index in [4.69, 9.17) is 43.4 Å². The number of unbranched alkanes of at least 4 members (excludes halogenated alkanes) is 3. The van der Waals surface area contributed by atoms with E-state index in [0.29, 0.717) is 45.2 Å². The van der Waals surface area contributed by atoms with Crippen molar-refractivity contribution >= 4 is 18.0 Å². The highest BCUT2D eigenvalue weighted by molar-refractivity contribution is 5.81. The second-order valence-electron chi connectivity index (χ2n) is 14.8. The summed E-state index contributed by atoms with van der Waals surface area (Å²) in [5, 5.41) is 93.9. The summed E-state index contributed by atoms with van der Waals surface area (Å²) >= 11 is 0. The van der Waals surface area contributed by atoms with Crippen molar-refractivity contribution in [2.75, 3.05) is 53.7 Å². The van der Waals surface area contributed by atoms with Crippen LogP contribution >= 0.6 is 0 Å². The van der Waals surface area contributed by atoms with Crippen LogP contribution in [0.3, 0.4) is 0 Å². The van der Waals surface area contributed by atoms with E-state index in [1.807, 2.05) is 0 Å². The maximum Gasteiger partial charge on any atom is 0.407 e. The first kappa shape index (κ1) is 51.3. The van der Waals surface area contributed by atoms with Crippen molar-refractivity contribution in [2.45, 2.75) is 150 Å². The second kappa shape index (κ2) is 26.4. The lowest BCUT2D eigenvalue weighted by molar-refractivity contribution is -0.320. The molecule has 3 rings (SSSR count). The van der Waals surface area contributed by atoms with Crippen molar-refractivity contribution in [3.8, 4) is 0 Å². The highest BCUT2D eigenvalue weighted by Gasteiger charge is 2.51. The van der Waals surface area contributed by atoms with Crippen LogP contribution < -0.4 is 10.6 Å². The normalized spacial score (nSPS) is 34.8. The van der Waals surface area contributed by atoms with E-state index in [9.17, 15) is 55.2 Å². The van der Waals surface area contributed by atoms with Gasteiger partial charge in [0.25, 0.3) is 0 Å². The molecule has 0 bridgehead atoms. The number of hydrogen-bond donors (Lipinski definition) is 10. The number of aliphatic hydroxyl groups is 8. The van der Waals surface area contributed by atoms with Crippen molar-refractivity contribution in [3.63, 3.8) is 0 Å². The number of nitrogens with one attached hydrogen (secondary N) is 2. The van der Waals surface area contributed by atoms with E-state index < -0.39 is 130 Å². The summed E-state index contributed by atoms with van der Waals surface area (Å²) in [6.07, 6.45) is -18.6. The first-order chi connectivity index (χ1) is 28.7. The molecule has 24 heteroatoms. The molecule has 0 radical (unpaired) electrons. The van der Waals surface area contributed by atoms with Crippen LogP contribution in [0.2, 0.25) is 0 Å². The Morgan fingerprint density at radius 3 is 2.20 bits per heavy atom. The molecule has 346 valence electrons. The number of azide groups is 1. The van der Waals surface area contributed by atoms with Crippen molar-refractivity contribution < 1.29 is 93.1 Å². The summed E-state index contributed by atoms with van der Waals surface area (Å²) in [5.74, 6) is -1.78. The Bertz CT molecular complexity index is 1330. The van der Waals surface area contributed by atoms with Gasteiger partial charge in [0.1, 0.15) is 73.7 Å². The number of methoxy groups -OCH3 is 2. The number of aliphatic hydroxyl groups excluding tert-OH is 8. The summed E-state index contributed by atoms with van der Waals surface area (Å²) < 4.78 is 43.4. The lowest BCUT2D eigenvalue weighted by atomic mass is 9.80. The van der Waals surface area contributed by atoms with Gasteiger partial charge in [-0.2, -0.15) is 0 Å². The van der Waals surface area contributed by atoms with Crippen LogP contribution in [0.4, 0.5) is 4.79 Å². The minimum absolute atomic E-state index is 0.0367. The number of nitrogens with zero attached hydrogens (tertiary/aromatic N) is 3. The second-order valence-corrected chi connectivity index (χ2v) is 14.8. The number of rotatable bonds is 24. The average Bonchev–Trinajstić information content (AvgIpc) is 3.23. The van der Waals surface area contributed by atoms with Crippen molar-refractivity contribution in [1.82, 2.24) is 10.6 Å². The molecule has 0 aromatic rings. The zero-order valence-corrected chi connectivity index (χ0v) is 34.0. The lowest BCUT2D eigenvalue weighted by Crippen LogP contribution is -2.63. The predicted molar refractivity (Wildman–Crippen MR) is 201 cm³/mol. The number of hydrogen-bond acceptors (Lipinski definition) is 20. The predicted octanol–water partition coefficient (Wildman–Crippen LogP) is -2.78. The summed E-state index contributed by atoms with van der Waals surface area (Å²) in [4.78, 5) is 40.2.